The zero-order valence-corrected chi connectivity index (χ0v) is 12.2. The van der Waals surface area contributed by atoms with Gasteiger partial charge in [-0.05, 0) is 48.1 Å². The van der Waals surface area contributed by atoms with Gasteiger partial charge in [0.25, 0.3) is 0 Å². The summed E-state index contributed by atoms with van der Waals surface area (Å²) >= 11 is 0. The molecular weight excluding hydrogens is 262 g/mol. The van der Waals surface area contributed by atoms with E-state index in [2.05, 4.69) is 29.6 Å². The number of amides is 1. The Bertz CT molecular complexity index is 718. The van der Waals surface area contributed by atoms with Crippen LogP contribution in [0.2, 0.25) is 0 Å². The smallest absolute Gasteiger partial charge is 0.223 e. The standard InChI is InChI=1S/C18H19NO2/c1-21-16-8-7-11-3-2-4-13-9-14(10-15(16)17(11)13)19-18(20)12-5-6-12/h2-4,7-8,12,14H,5-6,9-10H2,1H3,(H,19,20). The predicted octanol–water partition coefficient (Wildman–Crippen LogP) is 2.84. The molecule has 1 unspecified atom stereocenters. The van der Waals surface area contributed by atoms with Gasteiger partial charge in [0.15, 0.2) is 0 Å². The van der Waals surface area contributed by atoms with Crippen LogP contribution in [-0.2, 0) is 17.6 Å². The molecule has 4 rings (SSSR count). The molecule has 3 nitrogen and oxygen atoms in total. The van der Waals surface area contributed by atoms with E-state index in [9.17, 15) is 4.79 Å². The van der Waals surface area contributed by atoms with Crippen LogP contribution in [0, 0.1) is 5.92 Å². The van der Waals surface area contributed by atoms with Crippen molar-refractivity contribution in [1.29, 1.82) is 0 Å². The quantitative estimate of drug-likeness (QED) is 0.939. The maximum atomic E-state index is 12.0. The fourth-order valence-corrected chi connectivity index (χ4v) is 3.43. The Balaban J connectivity index is 1.72. The van der Waals surface area contributed by atoms with Crippen molar-refractivity contribution in [2.75, 3.05) is 7.11 Å². The highest BCUT2D eigenvalue weighted by atomic mass is 16.5. The molecule has 1 fully saturated rings. The number of carbonyl (C=O) groups excluding carboxylic acids is 1. The summed E-state index contributed by atoms with van der Waals surface area (Å²) < 4.78 is 5.53. The molecule has 2 aromatic carbocycles. The topological polar surface area (TPSA) is 38.3 Å². The van der Waals surface area contributed by atoms with Crippen LogP contribution in [-0.4, -0.2) is 19.1 Å². The predicted molar refractivity (Wildman–Crippen MR) is 82.6 cm³/mol. The average Bonchev–Trinajstić information content (AvgIpc) is 3.32. The number of benzene rings is 2. The van der Waals surface area contributed by atoms with Crippen molar-refractivity contribution >= 4 is 16.7 Å². The van der Waals surface area contributed by atoms with E-state index in [1.165, 1.54) is 21.9 Å². The third-order valence-electron chi connectivity index (χ3n) is 4.63. The second-order valence-corrected chi connectivity index (χ2v) is 6.15. The van der Waals surface area contributed by atoms with Gasteiger partial charge in [-0.15, -0.1) is 0 Å². The molecule has 0 heterocycles. The first-order valence-corrected chi connectivity index (χ1v) is 7.64. The lowest BCUT2D eigenvalue weighted by atomic mass is 9.85. The lowest BCUT2D eigenvalue weighted by Crippen LogP contribution is -2.40. The second kappa shape index (κ2) is 4.76. The van der Waals surface area contributed by atoms with Crippen LogP contribution < -0.4 is 10.1 Å². The lowest BCUT2D eigenvalue weighted by molar-refractivity contribution is -0.123. The number of hydrogen-bond donors (Lipinski definition) is 1. The van der Waals surface area contributed by atoms with E-state index in [1.807, 2.05) is 6.07 Å². The zero-order valence-electron chi connectivity index (χ0n) is 12.2. The minimum atomic E-state index is 0.188. The summed E-state index contributed by atoms with van der Waals surface area (Å²) in [5, 5.41) is 5.79. The first-order chi connectivity index (χ1) is 10.3. The number of hydrogen-bond acceptors (Lipinski definition) is 2. The SMILES string of the molecule is COc1ccc2cccc3c2c1CC(NC(=O)C1CC1)C3. The van der Waals surface area contributed by atoms with E-state index in [1.54, 1.807) is 7.11 Å². The first kappa shape index (κ1) is 12.7. The van der Waals surface area contributed by atoms with Crippen LogP contribution in [0.4, 0.5) is 0 Å². The summed E-state index contributed by atoms with van der Waals surface area (Å²) in [6.45, 7) is 0. The first-order valence-electron chi connectivity index (χ1n) is 7.64. The van der Waals surface area contributed by atoms with Gasteiger partial charge < -0.3 is 10.1 Å². The summed E-state index contributed by atoms with van der Waals surface area (Å²) in [7, 11) is 1.71. The van der Waals surface area contributed by atoms with Crippen molar-refractivity contribution in [3.8, 4) is 5.75 Å². The van der Waals surface area contributed by atoms with Gasteiger partial charge in [0.1, 0.15) is 5.75 Å². The van der Waals surface area contributed by atoms with Gasteiger partial charge in [-0.3, -0.25) is 4.79 Å². The van der Waals surface area contributed by atoms with Crippen molar-refractivity contribution in [3.63, 3.8) is 0 Å². The molecule has 2 aromatic rings. The molecule has 0 saturated heterocycles. The fourth-order valence-electron chi connectivity index (χ4n) is 3.43. The van der Waals surface area contributed by atoms with E-state index < -0.39 is 0 Å². The van der Waals surface area contributed by atoms with Gasteiger partial charge >= 0.3 is 0 Å². The molecule has 1 N–H and O–H groups in total. The van der Waals surface area contributed by atoms with Crippen LogP contribution in [0.25, 0.3) is 10.8 Å². The van der Waals surface area contributed by atoms with Crippen molar-refractivity contribution in [3.05, 3.63) is 41.5 Å². The molecule has 1 amide bonds. The number of carbonyl (C=O) groups is 1. The molecule has 0 bridgehead atoms. The summed E-state index contributed by atoms with van der Waals surface area (Å²) in [6.07, 6.45) is 3.87. The molecule has 0 aliphatic heterocycles. The Labute approximate surface area is 124 Å². The van der Waals surface area contributed by atoms with Gasteiger partial charge in [0.2, 0.25) is 5.91 Å². The van der Waals surface area contributed by atoms with Crippen molar-refractivity contribution < 1.29 is 9.53 Å². The number of methoxy groups -OCH3 is 1. The highest BCUT2D eigenvalue weighted by Crippen LogP contribution is 2.36. The Hall–Kier alpha value is -2.03. The Morgan fingerprint density at radius 2 is 2.05 bits per heavy atom. The molecule has 0 aromatic heterocycles. The Kier molecular flexibility index (Phi) is 2.88. The van der Waals surface area contributed by atoms with Crippen LogP contribution in [0.3, 0.4) is 0 Å². The van der Waals surface area contributed by atoms with Crippen LogP contribution >= 0.6 is 0 Å². The highest BCUT2D eigenvalue weighted by molar-refractivity contribution is 5.92. The van der Waals surface area contributed by atoms with E-state index >= 15 is 0 Å². The molecule has 1 atom stereocenters. The number of nitrogens with one attached hydrogen (secondary N) is 1. The molecule has 108 valence electrons. The average molecular weight is 281 g/mol. The van der Waals surface area contributed by atoms with E-state index in [0.717, 1.165) is 31.4 Å². The van der Waals surface area contributed by atoms with Crippen LogP contribution in [0.15, 0.2) is 30.3 Å². The van der Waals surface area contributed by atoms with Gasteiger partial charge in [0.05, 0.1) is 7.11 Å². The van der Waals surface area contributed by atoms with Gasteiger partial charge in [-0.1, -0.05) is 24.3 Å². The molecule has 1 saturated carbocycles. The third kappa shape index (κ3) is 2.17. The molecular formula is C18H19NO2. The molecule has 0 spiro atoms. The normalized spacial score (nSPS) is 20.3. The maximum Gasteiger partial charge on any atom is 0.223 e. The summed E-state index contributed by atoms with van der Waals surface area (Å²) in [6, 6.07) is 10.7. The Morgan fingerprint density at radius 1 is 1.19 bits per heavy atom. The highest BCUT2D eigenvalue weighted by Gasteiger charge is 2.32. The van der Waals surface area contributed by atoms with Gasteiger partial charge in [-0.2, -0.15) is 0 Å². The molecule has 21 heavy (non-hydrogen) atoms. The third-order valence-corrected chi connectivity index (χ3v) is 4.63. The van der Waals surface area contributed by atoms with Crippen molar-refractivity contribution in [1.82, 2.24) is 5.32 Å². The van der Waals surface area contributed by atoms with Crippen molar-refractivity contribution in [2.45, 2.75) is 31.7 Å². The lowest BCUT2D eigenvalue weighted by Gasteiger charge is -2.27. The summed E-state index contributed by atoms with van der Waals surface area (Å²) in [5.41, 5.74) is 2.55. The maximum absolute atomic E-state index is 12.0. The number of ether oxygens (including phenoxy) is 1. The van der Waals surface area contributed by atoms with Gasteiger partial charge in [0, 0.05) is 17.5 Å². The van der Waals surface area contributed by atoms with E-state index in [-0.39, 0.29) is 17.9 Å². The second-order valence-electron chi connectivity index (χ2n) is 6.15. The zero-order chi connectivity index (χ0) is 14.4. The molecule has 2 aliphatic rings. The molecule has 0 radical (unpaired) electrons. The van der Waals surface area contributed by atoms with E-state index in [4.69, 9.17) is 4.74 Å². The van der Waals surface area contributed by atoms with Gasteiger partial charge in [-0.25, -0.2) is 0 Å². The minimum absolute atomic E-state index is 0.188. The Morgan fingerprint density at radius 3 is 2.81 bits per heavy atom. The van der Waals surface area contributed by atoms with E-state index in [0.29, 0.717) is 0 Å². The largest absolute Gasteiger partial charge is 0.496 e. The summed E-state index contributed by atoms with van der Waals surface area (Å²) in [4.78, 5) is 12.0. The van der Waals surface area contributed by atoms with Crippen LogP contribution in [0.1, 0.15) is 24.0 Å². The summed E-state index contributed by atoms with van der Waals surface area (Å²) in [5.74, 6) is 1.42. The molecule has 2 aliphatic carbocycles. The minimum Gasteiger partial charge on any atom is -0.496 e. The fraction of sp³-hybridized carbons (Fsp3) is 0.389. The monoisotopic (exact) mass is 281 g/mol. The van der Waals surface area contributed by atoms with Crippen molar-refractivity contribution in [2.24, 2.45) is 5.92 Å². The molecule has 3 heteroatoms. The van der Waals surface area contributed by atoms with Crippen LogP contribution in [0.5, 0.6) is 5.75 Å². The number of rotatable bonds is 3.